The maximum atomic E-state index is 12.3. The highest BCUT2D eigenvalue weighted by molar-refractivity contribution is 7.92. The number of nitrogens with zero attached hydrogens (tertiary/aromatic N) is 1. The van der Waals surface area contributed by atoms with Crippen molar-refractivity contribution in [2.45, 2.75) is 23.5 Å². The molecule has 1 rings (SSSR count). The molecule has 19 heavy (non-hydrogen) atoms. The number of nitro benzene ring substituents is 1. The standard InChI is InChI=1S/C11H14ClNO5S/c1-8(6-7-12)19(16,17)10-5-3-4-9(18-2)11(10)13(14)15/h3-5,8H,6-7H2,1-2H3. The first-order valence-electron chi connectivity index (χ1n) is 5.47. The van der Waals surface area contributed by atoms with Gasteiger partial charge in [-0.3, -0.25) is 10.1 Å². The summed E-state index contributed by atoms with van der Waals surface area (Å²) >= 11 is 5.53. The van der Waals surface area contributed by atoms with Crippen LogP contribution in [0.1, 0.15) is 13.3 Å². The maximum Gasteiger partial charge on any atom is 0.329 e. The van der Waals surface area contributed by atoms with Gasteiger partial charge in [0, 0.05) is 5.88 Å². The van der Waals surface area contributed by atoms with Gasteiger partial charge in [-0.25, -0.2) is 8.42 Å². The van der Waals surface area contributed by atoms with Crippen molar-refractivity contribution in [3.05, 3.63) is 28.3 Å². The van der Waals surface area contributed by atoms with E-state index in [9.17, 15) is 18.5 Å². The Hall–Kier alpha value is -1.34. The van der Waals surface area contributed by atoms with Crippen molar-refractivity contribution in [1.29, 1.82) is 0 Å². The summed E-state index contributed by atoms with van der Waals surface area (Å²) in [6, 6.07) is 3.97. The van der Waals surface area contributed by atoms with Gasteiger partial charge in [-0.2, -0.15) is 0 Å². The van der Waals surface area contributed by atoms with Crippen LogP contribution in [0.2, 0.25) is 0 Å². The van der Waals surface area contributed by atoms with E-state index in [-0.39, 0.29) is 22.9 Å². The van der Waals surface area contributed by atoms with Crippen LogP contribution in [0.5, 0.6) is 5.75 Å². The third kappa shape index (κ3) is 3.16. The molecule has 0 aromatic heterocycles. The van der Waals surface area contributed by atoms with Gasteiger partial charge in [-0.15, -0.1) is 11.6 Å². The predicted molar refractivity (Wildman–Crippen MR) is 71.6 cm³/mol. The smallest absolute Gasteiger partial charge is 0.329 e. The van der Waals surface area contributed by atoms with Crippen LogP contribution >= 0.6 is 11.6 Å². The minimum absolute atomic E-state index is 0.0795. The molecule has 1 aromatic carbocycles. The number of nitro groups is 1. The fraction of sp³-hybridized carbons (Fsp3) is 0.455. The van der Waals surface area contributed by atoms with E-state index in [2.05, 4.69) is 0 Å². The fourth-order valence-electron chi connectivity index (χ4n) is 1.60. The zero-order valence-corrected chi connectivity index (χ0v) is 12.1. The zero-order valence-electron chi connectivity index (χ0n) is 10.5. The number of ether oxygens (including phenoxy) is 1. The average molecular weight is 308 g/mol. The van der Waals surface area contributed by atoms with Crippen molar-refractivity contribution < 1.29 is 18.1 Å². The number of para-hydroxylation sites is 1. The molecule has 0 spiro atoms. The van der Waals surface area contributed by atoms with Crippen LogP contribution in [-0.4, -0.2) is 31.6 Å². The normalized spacial score (nSPS) is 13.0. The lowest BCUT2D eigenvalue weighted by Crippen LogP contribution is -2.19. The lowest BCUT2D eigenvalue weighted by molar-refractivity contribution is -0.388. The minimum atomic E-state index is -3.82. The molecule has 0 amide bonds. The van der Waals surface area contributed by atoms with Gasteiger partial charge >= 0.3 is 5.69 Å². The molecule has 0 saturated heterocycles. The topological polar surface area (TPSA) is 86.5 Å². The Morgan fingerprint density at radius 1 is 1.47 bits per heavy atom. The van der Waals surface area contributed by atoms with Crippen LogP contribution in [0.4, 0.5) is 5.69 Å². The van der Waals surface area contributed by atoms with Crippen LogP contribution in [-0.2, 0) is 9.84 Å². The molecule has 1 aromatic rings. The van der Waals surface area contributed by atoms with Gasteiger partial charge in [0.05, 0.1) is 17.3 Å². The molecule has 1 atom stereocenters. The number of rotatable bonds is 6. The van der Waals surface area contributed by atoms with Gasteiger partial charge < -0.3 is 4.74 Å². The first-order valence-corrected chi connectivity index (χ1v) is 7.55. The van der Waals surface area contributed by atoms with E-state index in [1.807, 2.05) is 0 Å². The molecule has 0 N–H and O–H groups in total. The summed E-state index contributed by atoms with van der Waals surface area (Å²) in [7, 11) is -2.56. The molecule has 0 saturated carbocycles. The summed E-state index contributed by atoms with van der Waals surface area (Å²) in [6.45, 7) is 1.47. The average Bonchev–Trinajstić information content (AvgIpc) is 2.37. The quantitative estimate of drug-likeness (QED) is 0.457. The van der Waals surface area contributed by atoms with E-state index >= 15 is 0 Å². The lowest BCUT2D eigenvalue weighted by atomic mass is 10.3. The Morgan fingerprint density at radius 2 is 2.11 bits per heavy atom. The van der Waals surface area contributed by atoms with Crippen molar-refractivity contribution in [2.24, 2.45) is 0 Å². The predicted octanol–water partition coefficient (Wildman–Crippen LogP) is 2.39. The third-order valence-corrected chi connectivity index (χ3v) is 5.17. The van der Waals surface area contributed by atoms with Crippen molar-refractivity contribution >= 4 is 27.1 Å². The SMILES string of the molecule is COc1cccc(S(=O)(=O)C(C)CCCl)c1[N+](=O)[O-]. The highest BCUT2D eigenvalue weighted by Gasteiger charge is 2.33. The Kier molecular flexibility index (Phi) is 5.13. The summed E-state index contributed by atoms with van der Waals surface area (Å²) < 4.78 is 29.4. The highest BCUT2D eigenvalue weighted by atomic mass is 35.5. The van der Waals surface area contributed by atoms with Gasteiger partial charge in [-0.1, -0.05) is 6.07 Å². The van der Waals surface area contributed by atoms with Crippen LogP contribution in [0.25, 0.3) is 0 Å². The Morgan fingerprint density at radius 3 is 2.58 bits per heavy atom. The van der Waals surface area contributed by atoms with Gasteiger partial charge in [0.2, 0.25) is 0 Å². The van der Waals surface area contributed by atoms with Gasteiger partial charge in [0.15, 0.2) is 15.6 Å². The van der Waals surface area contributed by atoms with Gasteiger partial charge in [-0.05, 0) is 25.5 Å². The molecule has 0 bridgehead atoms. The molecule has 1 unspecified atom stereocenters. The van der Waals surface area contributed by atoms with E-state index in [0.717, 1.165) is 0 Å². The first kappa shape index (κ1) is 15.7. The Balaban J connectivity index is 3.46. The molecular formula is C11H14ClNO5S. The van der Waals surface area contributed by atoms with E-state index in [4.69, 9.17) is 16.3 Å². The van der Waals surface area contributed by atoms with Crippen molar-refractivity contribution in [1.82, 2.24) is 0 Å². The van der Waals surface area contributed by atoms with Crippen molar-refractivity contribution in [3.8, 4) is 5.75 Å². The van der Waals surface area contributed by atoms with Crippen molar-refractivity contribution in [2.75, 3.05) is 13.0 Å². The van der Waals surface area contributed by atoms with E-state index < -0.39 is 25.7 Å². The second-order valence-electron chi connectivity index (χ2n) is 3.90. The van der Waals surface area contributed by atoms with Crippen LogP contribution in [0, 0.1) is 10.1 Å². The molecule has 0 aliphatic rings. The molecule has 106 valence electrons. The zero-order chi connectivity index (χ0) is 14.6. The number of benzene rings is 1. The summed E-state index contributed by atoms with van der Waals surface area (Å²) in [5.41, 5.74) is -0.536. The molecular weight excluding hydrogens is 294 g/mol. The van der Waals surface area contributed by atoms with E-state index in [1.54, 1.807) is 0 Å². The number of hydrogen-bond donors (Lipinski definition) is 0. The molecule has 0 aliphatic carbocycles. The third-order valence-electron chi connectivity index (χ3n) is 2.72. The van der Waals surface area contributed by atoms with Gasteiger partial charge in [0.1, 0.15) is 4.90 Å². The van der Waals surface area contributed by atoms with Crippen molar-refractivity contribution in [3.63, 3.8) is 0 Å². The molecule has 0 heterocycles. The number of alkyl halides is 1. The monoisotopic (exact) mass is 307 g/mol. The summed E-state index contributed by atoms with van der Waals surface area (Å²) in [5, 5.41) is 10.3. The number of hydrogen-bond acceptors (Lipinski definition) is 5. The highest BCUT2D eigenvalue weighted by Crippen LogP contribution is 2.35. The Bertz CT molecular complexity index is 572. The summed E-state index contributed by atoms with van der Waals surface area (Å²) in [4.78, 5) is 9.97. The van der Waals surface area contributed by atoms with Gasteiger partial charge in [0.25, 0.3) is 0 Å². The number of methoxy groups -OCH3 is 1. The minimum Gasteiger partial charge on any atom is -0.490 e. The first-order chi connectivity index (χ1) is 8.86. The Labute approximate surface area is 116 Å². The molecule has 0 radical (unpaired) electrons. The molecule has 0 aliphatic heterocycles. The lowest BCUT2D eigenvalue weighted by Gasteiger charge is -2.12. The second kappa shape index (κ2) is 6.21. The molecule has 0 fully saturated rings. The van der Waals surface area contributed by atoms with Crippen LogP contribution in [0.3, 0.4) is 0 Å². The molecule has 8 heteroatoms. The maximum absolute atomic E-state index is 12.3. The van der Waals surface area contributed by atoms with E-state index in [1.165, 1.54) is 32.2 Å². The van der Waals surface area contributed by atoms with Crippen LogP contribution < -0.4 is 4.74 Å². The van der Waals surface area contributed by atoms with Crippen LogP contribution in [0.15, 0.2) is 23.1 Å². The molecule has 6 nitrogen and oxygen atoms in total. The largest absolute Gasteiger partial charge is 0.490 e. The second-order valence-corrected chi connectivity index (χ2v) is 6.61. The number of sulfone groups is 1. The summed E-state index contributed by atoms with van der Waals surface area (Å²) in [6.07, 6.45) is 0.220. The van der Waals surface area contributed by atoms with E-state index in [0.29, 0.717) is 0 Å². The number of halogens is 1. The summed E-state index contributed by atoms with van der Waals surface area (Å²) in [5.74, 6) is 0.0854. The fourth-order valence-corrected chi connectivity index (χ4v) is 3.63.